The lowest BCUT2D eigenvalue weighted by Crippen LogP contribution is -2.49. The molecule has 3 nitrogen and oxygen atoms in total. The monoisotopic (exact) mass is 463 g/mol. The summed E-state index contributed by atoms with van der Waals surface area (Å²) >= 11 is -0.541. The smallest absolute Gasteiger partial charge is 0.479 e. The van der Waals surface area contributed by atoms with Crippen LogP contribution in [0.4, 0.5) is 23.2 Å². The largest absolute Gasteiger partial charge is 0.497 e. The Hall–Kier alpha value is -2.87. The average Bonchev–Trinajstić information content (AvgIpc) is 2.78. The van der Waals surface area contributed by atoms with Crippen LogP contribution in [0.1, 0.15) is 23.6 Å². The highest BCUT2D eigenvalue weighted by molar-refractivity contribution is 7.95. The number of methoxy groups -OCH3 is 1. The van der Waals surface area contributed by atoms with Crippen LogP contribution < -0.4 is 13.8 Å². The van der Waals surface area contributed by atoms with Gasteiger partial charge in [-0.2, -0.15) is 13.2 Å². The normalized spacial score (nSPS) is 18.2. The van der Waals surface area contributed by atoms with Gasteiger partial charge in [-0.15, -0.1) is 0 Å². The molecule has 1 unspecified atom stereocenters. The predicted molar refractivity (Wildman–Crippen MR) is 118 cm³/mol. The second kappa shape index (κ2) is 8.58. The molecule has 0 fully saturated rings. The summed E-state index contributed by atoms with van der Waals surface area (Å²) < 4.78 is 61.1. The minimum absolute atomic E-state index is 0.110. The lowest BCUT2D eigenvalue weighted by Gasteiger charge is -2.48. The molecule has 3 aromatic rings. The van der Waals surface area contributed by atoms with Gasteiger partial charge in [0.15, 0.2) is 12.0 Å². The first-order chi connectivity index (χ1) is 15.2. The Kier molecular flexibility index (Phi) is 5.99. The number of halogens is 4. The fraction of sp³-hybridized carbons (Fsp3) is 0.250. The van der Waals surface area contributed by atoms with E-state index < -0.39 is 23.1 Å². The maximum atomic E-state index is 13.6. The van der Waals surface area contributed by atoms with E-state index in [4.69, 9.17) is 8.92 Å². The summed E-state index contributed by atoms with van der Waals surface area (Å²) in [5.41, 5.74) is -1.23. The van der Waals surface area contributed by atoms with Crippen molar-refractivity contribution in [2.24, 2.45) is 0 Å². The number of anilines is 1. The maximum Gasteiger partial charge on any atom is 0.479 e. The molecule has 0 radical (unpaired) electrons. The third kappa shape index (κ3) is 4.37. The van der Waals surface area contributed by atoms with Crippen molar-refractivity contribution in [3.63, 3.8) is 0 Å². The first-order valence-corrected chi connectivity index (χ1v) is 10.7. The van der Waals surface area contributed by atoms with Gasteiger partial charge in [0, 0.05) is 12.2 Å². The number of hydrogen-bond acceptors (Lipinski definition) is 4. The zero-order valence-electron chi connectivity index (χ0n) is 17.4. The molecule has 0 saturated heterocycles. The molecule has 0 aromatic heterocycles. The van der Waals surface area contributed by atoms with Crippen LogP contribution in [0.25, 0.3) is 0 Å². The minimum atomic E-state index is -4.48. The molecule has 1 atom stereocenters. The van der Waals surface area contributed by atoms with E-state index in [0.717, 1.165) is 34.5 Å². The number of hydrogen-bond donors (Lipinski definition) is 0. The van der Waals surface area contributed by atoms with E-state index in [1.54, 1.807) is 31.4 Å². The second-order valence-electron chi connectivity index (χ2n) is 7.61. The van der Waals surface area contributed by atoms with Crippen LogP contribution in [-0.2, 0) is 12.0 Å². The van der Waals surface area contributed by atoms with Gasteiger partial charge in [0.1, 0.15) is 17.3 Å². The topological polar surface area (TPSA) is 21.7 Å². The minimum Gasteiger partial charge on any atom is -0.497 e. The molecule has 1 aliphatic rings. The van der Waals surface area contributed by atoms with Crippen LogP contribution in [0.5, 0.6) is 11.5 Å². The van der Waals surface area contributed by atoms with Gasteiger partial charge in [0.05, 0.1) is 12.6 Å². The summed E-state index contributed by atoms with van der Waals surface area (Å²) in [5, 5.41) is 0. The molecule has 0 saturated carbocycles. The number of nitrogens with zero attached hydrogens (tertiary/aromatic N) is 1. The highest BCUT2D eigenvalue weighted by Gasteiger charge is 2.40. The van der Waals surface area contributed by atoms with Crippen LogP contribution in [0.2, 0.25) is 0 Å². The molecule has 1 heterocycles. The summed E-state index contributed by atoms with van der Waals surface area (Å²) in [6.45, 7) is 2.73. The van der Waals surface area contributed by atoms with Crippen molar-refractivity contribution in [1.82, 2.24) is 0 Å². The average molecular weight is 463 g/mol. The summed E-state index contributed by atoms with van der Waals surface area (Å²) in [5.74, 6) is 0.550. The van der Waals surface area contributed by atoms with E-state index in [9.17, 15) is 17.6 Å². The fourth-order valence-electron chi connectivity index (χ4n) is 4.23. The van der Waals surface area contributed by atoms with Gasteiger partial charge in [-0.1, -0.05) is 18.2 Å². The second-order valence-corrected chi connectivity index (χ2v) is 8.41. The van der Waals surface area contributed by atoms with Gasteiger partial charge in [0.2, 0.25) is 0 Å². The van der Waals surface area contributed by atoms with Gasteiger partial charge < -0.3 is 13.8 Å². The van der Waals surface area contributed by atoms with Crippen molar-refractivity contribution in [2.45, 2.75) is 24.4 Å². The zero-order valence-corrected chi connectivity index (χ0v) is 18.3. The summed E-state index contributed by atoms with van der Waals surface area (Å²) in [6.07, 6.45) is 0.767. The Morgan fingerprint density at radius 3 is 2.22 bits per heavy atom. The predicted octanol–water partition coefficient (Wildman–Crippen LogP) is 6.71. The lowest BCUT2D eigenvalue weighted by molar-refractivity contribution is -0.0369. The molecule has 1 aliphatic heterocycles. The number of fused-ring (bicyclic) bond motifs is 1. The highest BCUT2D eigenvalue weighted by atomic mass is 32.2. The third-order valence-electron chi connectivity index (χ3n) is 5.77. The number of alkyl halides is 3. The first-order valence-electron chi connectivity index (χ1n) is 9.94. The van der Waals surface area contributed by atoms with Crippen LogP contribution in [-0.4, -0.2) is 19.2 Å². The molecule has 0 bridgehead atoms. The zero-order chi connectivity index (χ0) is 22.9. The number of benzene rings is 3. The Bertz CT molecular complexity index is 1090. The summed E-state index contributed by atoms with van der Waals surface area (Å²) in [7, 11) is 1.62. The van der Waals surface area contributed by atoms with Gasteiger partial charge >= 0.3 is 5.51 Å². The van der Waals surface area contributed by atoms with Crippen molar-refractivity contribution >= 4 is 17.7 Å². The molecule has 168 valence electrons. The maximum absolute atomic E-state index is 13.6. The van der Waals surface area contributed by atoms with Crippen LogP contribution in [0.15, 0.2) is 66.7 Å². The van der Waals surface area contributed by atoms with E-state index in [1.165, 1.54) is 24.3 Å². The van der Waals surface area contributed by atoms with Gasteiger partial charge in [-0.05, 0) is 78.6 Å². The van der Waals surface area contributed by atoms with Crippen LogP contribution in [0.3, 0.4) is 0 Å². The first kappa shape index (κ1) is 22.3. The van der Waals surface area contributed by atoms with Crippen molar-refractivity contribution in [3.8, 4) is 11.5 Å². The number of ether oxygens (including phenoxy) is 1. The van der Waals surface area contributed by atoms with Crippen molar-refractivity contribution in [3.05, 3.63) is 89.2 Å². The van der Waals surface area contributed by atoms with Gasteiger partial charge in [-0.3, -0.25) is 0 Å². The molecule has 0 N–H and O–H groups in total. The number of rotatable bonds is 5. The summed E-state index contributed by atoms with van der Waals surface area (Å²) in [4.78, 5) is 2.18. The van der Waals surface area contributed by atoms with Crippen molar-refractivity contribution < 1.29 is 26.5 Å². The van der Waals surface area contributed by atoms with Gasteiger partial charge in [0.25, 0.3) is 0 Å². The Morgan fingerprint density at radius 1 is 0.938 bits per heavy atom. The Labute approximate surface area is 188 Å². The fourth-order valence-corrected chi connectivity index (χ4v) is 4.53. The van der Waals surface area contributed by atoms with Gasteiger partial charge in [-0.25, -0.2) is 4.39 Å². The molecule has 8 heteroatoms. The Morgan fingerprint density at radius 2 is 1.59 bits per heavy atom. The van der Waals surface area contributed by atoms with Crippen molar-refractivity contribution in [1.29, 1.82) is 0 Å². The molecule has 3 aromatic carbocycles. The van der Waals surface area contributed by atoms with E-state index in [1.807, 2.05) is 18.2 Å². The highest BCUT2D eigenvalue weighted by Crippen LogP contribution is 2.45. The summed E-state index contributed by atoms with van der Waals surface area (Å²) in [6, 6.07) is 18.8. The quantitative estimate of drug-likeness (QED) is 0.310. The molecular formula is C24H21F4NO2S. The molecule has 0 aliphatic carbocycles. The van der Waals surface area contributed by atoms with Crippen LogP contribution >= 0.6 is 12.0 Å². The lowest BCUT2D eigenvalue weighted by atomic mass is 9.76. The molecule has 32 heavy (non-hydrogen) atoms. The molecular weight excluding hydrogens is 442 g/mol. The molecule has 4 rings (SSSR count). The van der Waals surface area contributed by atoms with E-state index in [2.05, 4.69) is 11.8 Å². The van der Waals surface area contributed by atoms with E-state index >= 15 is 0 Å². The third-order valence-corrected chi connectivity index (χ3v) is 6.23. The van der Waals surface area contributed by atoms with E-state index in [-0.39, 0.29) is 11.6 Å². The Balaban J connectivity index is 1.77. The molecule has 0 spiro atoms. The van der Waals surface area contributed by atoms with Crippen LogP contribution in [0, 0.1) is 5.82 Å². The van der Waals surface area contributed by atoms with Crippen molar-refractivity contribution in [2.75, 3.05) is 18.6 Å². The SMILES string of the molecule is COc1ccc2c(c1)CCN(c1ccc(F)cc1)C2(C)c1ccc(OSC(F)(F)F)cc1. The van der Waals surface area contributed by atoms with E-state index in [0.29, 0.717) is 6.54 Å². The standard InChI is InChI=1S/C24H21F4NO2S/c1-23(17-3-9-20(10-4-17)31-32-24(26,27)28)22-12-11-21(30-2)15-16(22)13-14-29(23)19-7-5-18(25)6-8-19/h3-12,15H,13-14H2,1-2H3. The molecule has 0 amide bonds.